The van der Waals surface area contributed by atoms with Crippen molar-refractivity contribution in [3.63, 3.8) is 0 Å². The number of nitrogens with zero attached hydrogens (tertiary/aromatic N) is 1. The molecule has 8 nitrogen and oxygen atoms in total. The summed E-state index contributed by atoms with van der Waals surface area (Å²) < 4.78 is 0. The van der Waals surface area contributed by atoms with Crippen molar-refractivity contribution in [2.45, 2.75) is 24.9 Å². The molecule has 0 spiro atoms. The number of carbonyl (C=O) groups excluding carboxylic acids is 1. The number of thiol groups is 1. The first-order valence-corrected chi connectivity index (χ1v) is 6.23. The summed E-state index contributed by atoms with van der Waals surface area (Å²) >= 11 is 3.98. The highest BCUT2D eigenvalue weighted by molar-refractivity contribution is 7.80. The fourth-order valence-electron chi connectivity index (χ4n) is 1.56. The van der Waals surface area contributed by atoms with E-state index in [1.165, 1.54) is 0 Å². The van der Waals surface area contributed by atoms with Crippen molar-refractivity contribution < 1.29 is 24.6 Å². The third-order valence-corrected chi connectivity index (χ3v) is 2.86. The molecule has 0 bridgehead atoms. The van der Waals surface area contributed by atoms with Crippen molar-refractivity contribution in [1.82, 2.24) is 10.6 Å². The zero-order chi connectivity index (χ0) is 14.4. The molecule has 0 saturated carbocycles. The summed E-state index contributed by atoms with van der Waals surface area (Å²) in [5.74, 6) is -2.14. The van der Waals surface area contributed by atoms with E-state index in [1.807, 2.05) is 0 Å². The summed E-state index contributed by atoms with van der Waals surface area (Å²) in [5, 5.41) is 22.1. The van der Waals surface area contributed by atoms with Crippen molar-refractivity contribution in [3.05, 3.63) is 0 Å². The second kappa shape index (κ2) is 6.98. The minimum atomic E-state index is -1.15. The summed E-state index contributed by atoms with van der Waals surface area (Å²) in [6.45, 7) is -0.487. The van der Waals surface area contributed by atoms with E-state index in [1.54, 1.807) is 0 Å². The van der Waals surface area contributed by atoms with Gasteiger partial charge in [-0.05, 0) is 6.42 Å². The van der Waals surface area contributed by atoms with E-state index >= 15 is 0 Å². The number of hydrogen-bond donors (Lipinski definition) is 5. The predicted molar refractivity (Wildman–Crippen MR) is 69.5 cm³/mol. The molecule has 9 heteroatoms. The minimum Gasteiger partial charge on any atom is -0.480 e. The van der Waals surface area contributed by atoms with Crippen LogP contribution < -0.4 is 10.6 Å². The maximum absolute atomic E-state index is 11.6. The van der Waals surface area contributed by atoms with Crippen LogP contribution >= 0.6 is 12.6 Å². The number of carboxylic acid groups (broad SMARTS) is 2. The number of nitrogens with one attached hydrogen (secondary N) is 2. The van der Waals surface area contributed by atoms with Gasteiger partial charge >= 0.3 is 11.9 Å². The SMILES string of the molecule is O=C(O)CNC(=O)C(CS)/N=C1\CCC(C(=O)O)N1. The molecule has 1 fully saturated rings. The summed E-state index contributed by atoms with van der Waals surface area (Å²) in [6, 6.07) is -1.53. The zero-order valence-electron chi connectivity index (χ0n) is 10.00. The van der Waals surface area contributed by atoms with Gasteiger partial charge in [-0.2, -0.15) is 12.6 Å². The van der Waals surface area contributed by atoms with Gasteiger partial charge < -0.3 is 20.8 Å². The van der Waals surface area contributed by atoms with Crippen molar-refractivity contribution in [2.75, 3.05) is 12.3 Å². The fraction of sp³-hybridized carbons (Fsp3) is 0.600. The Hall–Kier alpha value is -1.77. The number of carbonyl (C=O) groups is 3. The van der Waals surface area contributed by atoms with Gasteiger partial charge in [-0.1, -0.05) is 0 Å². The molecule has 0 radical (unpaired) electrons. The molecular weight excluding hydrogens is 274 g/mol. The minimum absolute atomic E-state index is 0.106. The van der Waals surface area contributed by atoms with Gasteiger partial charge in [-0.15, -0.1) is 0 Å². The Balaban J connectivity index is 2.59. The molecule has 1 amide bonds. The Bertz CT molecular complexity index is 412. The van der Waals surface area contributed by atoms with Crippen molar-refractivity contribution >= 4 is 36.3 Å². The average molecular weight is 289 g/mol. The largest absolute Gasteiger partial charge is 0.480 e. The summed E-state index contributed by atoms with van der Waals surface area (Å²) in [7, 11) is 0. The molecule has 1 aliphatic heterocycles. The van der Waals surface area contributed by atoms with Crippen LogP contribution in [0, 0.1) is 0 Å². The summed E-state index contributed by atoms with van der Waals surface area (Å²) in [6.07, 6.45) is 0.845. The Labute approximate surface area is 114 Å². The van der Waals surface area contributed by atoms with E-state index in [0.717, 1.165) is 0 Å². The third kappa shape index (κ3) is 4.78. The molecule has 4 N–H and O–H groups in total. The summed E-state index contributed by atoms with van der Waals surface area (Å²) in [4.78, 5) is 36.7. The van der Waals surface area contributed by atoms with Gasteiger partial charge in [0.25, 0.3) is 0 Å². The van der Waals surface area contributed by atoms with Crippen LogP contribution in [-0.2, 0) is 14.4 Å². The van der Waals surface area contributed by atoms with Crippen LogP contribution in [0.25, 0.3) is 0 Å². The molecule has 19 heavy (non-hydrogen) atoms. The van der Waals surface area contributed by atoms with Gasteiger partial charge in [0.2, 0.25) is 5.91 Å². The highest BCUT2D eigenvalue weighted by Gasteiger charge is 2.27. The smallest absolute Gasteiger partial charge is 0.326 e. The third-order valence-electron chi connectivity index (χ3n) is 2.51. The highest BCUT2D eigenvalue weighted by atomic mass is 32.1. The first-order chi connectivity index (χ1) is 8.93. The van der Waals surface area contributed by atoms with Crippen LogP contribution in [0.15, 0.2) is 4.99 Å². The van der Waals surface area contributed by atoms with E-state index in [4.69, 9.17) is 10.2 Å². The molecule has 0 aromatic rings. The number of amidine groups is 1. The van der Waals surface area contributed by atoms with Gasteiger partial charge in [0.15, 0.2) is 0 Å². The van der Waals surface area contributed by atoms with Gasteiger partial charge in [-0.25, -0.2) is 4.79 Å². The van der Waals surface area contributed by atoms with Gasteiger partial charge in [0.05, 0.1) is 5.84 Å². The van der Waals surface area contributed by atoms with E-state index < -0.39 is 36.5 Å². The van der Waals surface area contributed by atoms with Gasteiger partial charge in [0, 0.05) is 12.2 Å². The Morgan fingerprint density at radius 2 is 2.16 bits per heavy atom. The van der Waals surface area contributed by atoms with E-state index in [2.05, 4.69) is 28.3 Å². The molecule has 1 heterocycles. The number of rotatable bonds is 6. The first kappa shape index (κ1) is 15.3. The predicted octanol–water partition coefficient (Wildman–Crippen LogP) is -1.28. The number of aliphatic carboxylic acids is 2. The van der Waals surface area contributed by atoms with Crippen LogP contribution in [0.2, 0.25) is 0 Å². The highest BCUT2D eigenvalue weighted by Crippen LogP contribution is 2.10. The van der Waals surface area contributed by atoms with Crippen LogP contribution in [0.3, 0.4) is 0 Å². The van der Waals surface area contributed by atoms with Crippen LogP contribution in [0.5, 0.6) is 0 Å². The standard InChI is InChI=1S/C10H15N3O5S/c14-8(15)3-11-9(16)6(4-19)13-7-2-1-5(12-7)10(17)18/h5-6,19H,1-4H2,(H,11,16)(H,12,13)(H,14,15)(H,17,18). The van der Waals surface area contributed by atoms with Crippen molar-refractivity contribution in [1.29, 1.82) is 0 Å². The quantitative estimate of drug-likeness (QED) is 0.387. The molecule has 1 saturated heterocycles. The van der Waals surface area contributed by atoms with Crippen molar-refractivity contribution in [3.8, 4) is 0 Å². The van der Waals surface area contributed by atoms with E-state index in [0.29, 0.717) is 18.7 Å². The number of aliphatic imine (C=N–C) groups is 1. The number of hydrogen-bond acceptors (Lipinski definition) is 5. The average Bonchev–Trinajstić information content (AvgIpc) is 2.81. The molecule has 106 valence electrons. The number of amides is 1. The monoisotopic (exact) mass is 289 g/mol. The van der Waals surface area contributed by atoms with Crippen LogP contribution in [0.1, 0.15) is 12.8 Å². The molecular formula is C10H15N3O5S. The molecule has 1 aliphatic rings. The second-order valence-electron chi connectivity index (χ2n) is 3.96. The van der Waals surface area contributed by atoms with E-state index in [-0.39, 0.29) is 5.75 Å². The normalized spacial score (nSPS) is 21.7. The zero-order valence-corrected chi connectivity index (χ0v) is 10.9. The topological polar surface area (TPSA) is 128 Å². The van der Waals surface area contributed by atoms with Crippen LogP contribution in [-0.4, -0.2) is 58.3 Å². The second-order valence-corrected chi connectivity index (χ2v) is 4.32. The van der Waals surface area contributed by atoms with Gasteiger partial charge in [-0.3, -0.25) is 14.6 Å². The molecule has 2 unspecified atom stereocenters. The Morgan fingerprint density at radius 1 is 1.47 bits per heavy atom. The maximum atomic E-state index is 11.6. The first-order valence-electron chi connectivity index (χ1n) is 5.60. The van der Waals surface area contributed by atoms with Gasteiger partial charge in [0.1, 0.15) is 18.6 Å². The lowest BCUT2D eigenvalue weighted by Gasteiger charge is -2.11. The molecule has 0 aromatic heterocycles. The molecule has 0 aromatic carbocycles. The van der Waals surface area contributed by atoms with Crippen molar-refractivity contribution in [2.24, 2.45) is 4.99 Å². The Kier molecular flexibility index (Phi) is 5.61. The molecule has 1 rings (SSSR count). The lowest BCUT2D eigenvalue weighted by Crippen LogP contribution is -2.39. The Morgan fingerprint density at radius 3 is 2.63 bits per heavy atom. The summed E-state index contributed by atoms with van der Waals surface area (Å²) in [5.41, 5.74) is 0. The lowest BCUT2D eigenvalue weighted by atomic mass is 10.2. The molecule has 0 aliphatic carbocycles. The molecule has 2 atom stereocenters. The maximum Gasteiger partial charge on any atom is 0.326 e. The van der Waals surface area contributed by atoms with E-state index in [9.17, 15) is 14.4 Å². The fourth-order valence-corrected chi connectivity index (χ4v) is 1.81. The number of carboxylic acids is 2. The lowest BCUT2D eigenvalue weighted by molar-refractivity contribution is -0.139. The van der Waals surface area contributed by atoms with Crippen LogP contribution in [0.4, 0.5) is 0 Å².